The van der Waals surface area contributed by atoms with Gasteiger partial charge in [-0.2, -0.15) is 5.10 Å². The summed E-state index contributed by atoms with van der Waals surface area (Å²) in [5.74, 6) is -0.307. The van der Waals surface area contributed by atoms with Gasteiger partial charge in [0.25, 0.3) is 0 Å². The first-order chi connectivity index (χ1) is 9.78. The van der Waals surface area contributed by atoms with E-state index in [0.717, 1.165) is 35.1 Å². The second-order valence-electron chi connectivity index (χ2n) is 4.99. The highest BCUT2D eigenvalue weighted by atomic mass is 16.5. The predicted octanol–water partition coefficient (Wildman–Crippen LogP) is 2.44. The molecule has 2 aromatic heterocycles. The summed E-state index contributed by atoms with van der Waals surface area (Å²) in [5, 5.41) is 8.32. The molecule has 0 radical (unpaired) electrons. The Morgan fingerprint density at radius 1 is 1.35 bits per heavy atom. The van der Waals surface area contributed by atoms with E-state index in [2.05, 4.69) is 15.2 Å². The van der Waals surface area contributed by atoms with Gasteiger partial charge in [-0.25, -0.2) is 4.79 Å². The first-order valence-corrected chi connectivity index (χ1v) is 6.54. The van der Waals surface area contributed by atoms with Gasteiger partial charge in [0.2, 0.25) is 0 Å². The van der Waals surface area contributed by atoms with Crippen molar-refractivity contribution in [2.45, 2.75) is 12.8 Å². The van der Waals surface area contributed by atoms with Gasteiger partial charge < -0.3 is 9.72 Å². The molecule has 0 atom stereocenters. The molecule has 0 fully saturated rings. The Kier molecular flexibility index (Phi) is 2.24. The Labute approximate surface area is 115 Å². The fourth-order valence-electron chi connectivity index (χ4n) is 2.94. The number of H-pyrrole nitrogens is 2. The van der Waals surface area contributed by atoms with Gasteiger partial charge in [0.15, 0.2) is 0 Å². The lowest BCUT2D eigenvalue weighted by molar-refractivity contribution is 0.0601. The monoisotopic (exact) mass is 267 g/mol. The van der Waals surface area contributed by atoms with Crippen molar-refractivity contribution in [2.75, 3.05) is 7.11 Å². The number of ether oxygens (including phenoxy) is 1. The molecule has 20 heavy (non-hydrogen) atoms. The number of carbonyl (C=O) groups excluding carboxylic acids is 1. The third kappa shape index (κ3) is 1.43. The van der Waals surface area contributed by atoms with Crippen molar-refractivity contribution >= 4 is 16.9 Å². The zero-order chi connectivity index (χ0) is 13.7. The Morgan fingerprint density at radius 3 is 3.10 bits per heavy atom. The third-order valence-corrected chi connectivity index (χ3v) is 3.93. The van der Waals surface area contributed by atoms with Crippen LogP contribution in [0.2, 0.25) is 0 Å². The average Bonchev–Trinajstić information content (AvgIpc) is 3.09. The number of aromatic nitrogens is 3. The molecule has 2 N–H and O–H groups in total. The summed E-state index contributed by atoms with van der Waals surface area (Å²) in [6.45, 7) is 0. The molecule has 5 nitrogen and oxygen atoms in total. The van der Waals surface area contributed by atoms with Gasteiger partial charge in [-0.3, -0.25) is 5.10 Å². The lowest BCUT2D eigenvalue weighted by atomic mass is 9.94. The topological polar surface area (TPSA) is 70.8 Å². The second-order valence-corrected chi connectivity index (χ2v) is 4.99. The van der Waals surface area contributed by atoms with Crippen LogP contribution >= 0.6 is 0 Å². The van der Waals surface area contributed by atoms with Crippen LogP contribution in [0.4, 0.5) is 0 Å². The number of aromatic amines is 2. The van der Waals surface area contributed by atoms with Gasteiger partial charge in [-0.15, -0.1) is 0 Å². The van der Waals surface area contributed by atoms with Crippen LogP contribution in [0.15, 0.2) is 24.4 Å². The van der Waals surface area contributed by atoms with E-state index in [4.69, 9.17) is 4.74 Å². The minimum Gasteiger partial charge on any atom is -0.465 e. The molecular weight excluding hydrogens is 254 g/mol. The molecule has 0 spiro atoms. The van der Waals surface area contributed by atoms with E-state index in [0.29, 0.717) is 5.56 Å². The molecule has 5 heteroatoms. The fraction of sp³-hybridized carbons (Fsp3) is 0.200. The number of esters is 1. The summed E-state index contributed by atoms with van der Waals surface area (Å²) in [6.07, 6.45) is 3.87. The predicted molar refractivity (Wildman–Crippen MR) is 74.6 cm³/mol. The van der Waals surface area contributed by atoms with Gasteiger partial charge in [-0.05, 0) is 42.2 Å². The van der Waals surface area contributed by atoms with Gasteiger partial charge in [0.1, 0.15) is 5.69 Å². The van der Waals surface area contributed by atoms with Crippen molar-refractivity contribution in [2.24, 2.45) is 0 Å². The quantitative estimate of drug-likeness (QED) is 0.665. The van der Waals surface area contributed by atoms with Crippen LogP contribution in [-0.4, -0.2) is 28.3 Å². The molecule has 0 saturated carbocycles. The number of methoxy groups -OCH3 is 1. The number of aryl methyl sites for hydroxylation is 2. The van der Waals surface area contributed by atoms with Gasteiger partial charge in [0, 0.05) is 17.1 Å². The van der Waals surface area contributed by atoms with E-state index in [1.807, 2.05) is 18.3 Å². The van der Waals surface area contributed by atoms with Crippen molar-refractivity contribution in [3.63, 3.8) is 0 Å². The SMILES string of the molecule is COC(=O)c1ccc2[nH]c3c(c2c1)CCc1c[nH]nc1-3. The minimum absolute atomic E-state index is 0.307. The first kappa shape index (κ1) is 11.3. The van der Waals surface area contributed by atoms with Crippen LogP contribution in [0.25, 0.3) is 22.3 Å². The molecule has 1 aromatic carbocycles. The maximum absolute atomic E-state index is 11.7. The summed E-state index contributed by atoms with van der Waals surface area (Å²) in [5.41, 5.74) is 6.11. The molecule has 0 unspecified atom stereocenters. The molecule has 0 aliphatic heterocycles. The highest BCUT2D eigenvalue weighted by molar-refractivity contribution is 5.98. The van der Waals surface area contributed by atoms with E-state index < -0.39 is 0 Å². The van der Waals surface area contributed by atoms with Crippen molar-refractivity contribution in [3.05, 3.63) is 41.1 Å². The molecule has 0 saturated heterocycles. The average molecular weight is 267 g/mol. The van der Waals surface area contributed by atoms with E-state index >= 15 is 0 Å². The lowest BCUT2D eigenvalue weighted by Gasteiger charge is -2.10. The maximum atomic E-state index is 11.7. The molecule has 4 rings (SSSR count). The zero-order valence-electron chi connectivity index (χ0n) is 11.0. The van der Waals surface area contributed by atoms with Crippen LogP contribution in [-0.2, 0) is 17.6 Å². The van der Waals surface area contributed by atoms with Crippen LogP contribution < -0.4 is 0 Å². The number of carbonyl (C=O) groups is 1. The highest BCUT2D eigenvalue weighted by Crippen LogP contribution is 2.36. The number of rotatable bonds is 1. The smallest absolute Gasteiger partial charge is 0.337 e. The van der Waals surface area contributed by atoms with Crippen LogP contribution in [0.3, 0.4) is 0 Å². The van der Waals surface area contributed by atoms with Crippen molar-refractivity contribution in [3.8, 4) is 11.4 Å². The van der Waals surface area contributed by atoms with Gasteiger partial charge >= 0.3 is 5.97 Å². The summed E-state index contributed by atoms with van der Waals surface area (Å²) in [4.78, 5) is 15.1. The molecule has 3 aromatic rings. The van der Waals surface area contributed by atoms with Crippen LogP contribution in [0, 0.1) is 0 Å². The summed E-state index contributed by atoms with van der Waals surface area (Å²) < 4.78 is 4.78. The summed E-state index contributed by atoms with van der Waals surface area (Å²) in [6, 6.07) is 5.60. The Bertz CT molecular complexity index is 829. The van der Waals surface area contributed by atoms with E-state index in [1.165, 1.54) is 18.2 Å². The molecule has 0 amide bonds. The van der Waals surface area contributed by atoms with Gasteiger partial charge in [-0.1, -0.05) is 0 Å². The maximum Gasteiger partial charge on any atom is 0.337 e. The van der Waals surface area contributed by atoms with Crippen molar-refractivity contribution < 1.29 is 9.53 Å². The minimum atomic E-state index is -0.307. The van der Waals surface area contributed by atoms with Crippen molar-refractivity contribution in [1.29, 1.82) is 0 Å². The number of benzene rings is 1. The Morgan fingerprint density at radius 2 is 2.25 bits per heavy atom. The number of hydrogen-bond donors (Lipinski definition) is 2. The van der Waals surface area contributed by atoms with E-state index in [1.54, 1.807) is 6.07 Å². The van der Waals surface area contributed by atoms with Gasteiger partial charge in [0.05, 0.1) is 18.4 Å². The first-order valence-electron chi connectivity index (χ1n) is 6.54. The lowest BCUT2D eigenvalue weighted by Crippen LogP contribution is -2.02. The van der Waals surface area contributed by atoms with Crippen LogP contribution in [0.1, 0.15) is 21.5 Å². The van der Waals surface area contributed by atoms with Crippen molar-refractivity contribution in [1.82, 2.24) is 15.2 Å². The molecule has 0 bridgehead atoms. The second kappa shape index (κ2) is 3.96. The number of nitrogens with one attached hydrogen (secondary N) is 2. The molecule has 100 valence electrons. The number of nitrogens with zero attached hydrogens (tertiary/aromatic N) is 1. The largest absolute Gasteiger partial charge is 0.465 e. The standard InChI is InChI=1S/C15H13N3O2/c1-20-15(19)8-3-5-12-11(6-8)10-4-2-9-7-16-18-13(9)14(10)17-12/h3,5-7,17H,2,4H2,1H3,(H,16,18). The molecule has 1 aliphatic rings. The highest BCUT2D eigenvalue weighted by Gasteiger charge is 2.23. The molecular formula is C15H13N3O2. The number of fused-ring (bicyclic) bond motifs is 5. The van der Waals surface area contributed by atoms with Crippen LogP contribution in [0.5, 0.6) is 0 Å². The fourth-order valence-corrected chi connectivity index (χ4v) is 2.94. The molecule has 1 aliphatic carbocycles. The Hall–Kier alpha value is -2.56. The van der Waals surface area contributed by atoms with E-state index in [9.17, 15) is 4.79 Å². The molecule has 2 heterocycles. The summed E-state index contributed by atoms with van der Waals surface area (Å²) >= 11 is 0. The normalized spacial score (nSPS) is 13.1. The van der Waals surface area contributed by atoms with E-state index in [-0.39, 0.29) is 5.97 Å². The number of hydrogen-bond acceptors (Lipinski definition) is 3. The Balaban J connectivity index is 1.96. The zero-order valence-corrected chi connectivity index (χ0v) is 11.0. The summed E-state index contributed by atoms with van der Waals surface area (Å²) in [7, 11) is 1.40. The third-order valence-electron chi connectivity index (χ3n) is 3.93.